The Morgan fingerprint density at radius 2 is 2.04 bits per heavy atom. The molecule has 0 unspecified atom stereocenters. The molecule has 0 aliphatic carbocycles. The van der Waals surface area contributed by atoms with Crippen molar-refractivity contribution < 1.29 is 9.21 Å². The molecule has 0 radical (unpaired) electrons. The normalized spacial score (nSPS) is 10.9. The molecule has 0 fully saturated rings. The molecule has 0 saturated heterocycles. The number of aromatic nitrogens is 3. The second-order valence-electron chi connectivity index (χ2n) is 6.40. The Hall–Kier alpha value is -3.22. The van der Waals surface area contributed by atoms with Crippen LogP contribution in [0.2, 0.25) is 0 Å². The van der Waals surface area contributed by atoms with E-state index in [2.05, 4.69) is 15.5 Å². The summed E-state index contributed by atoms with van der Waals surface area (Å²) >= 11 is 0. The van der Waals surface area contributed by atoms with Crippen LogP contribution < -0.4 is 10.9 Å². The summed E-state index contributed by atoms with van der Waals surface area (Å²) < 4.78 is 6.92. The van der Waals surface area contributed by atoms with E-state index in [1.54, 1.807) is 18.3 Å². The first-order chi connectivity index (χ1) is 12.4. The maximum atomic E-state index is 12.3. The van der Waals surface area contributed by atoms with Gasteiger partial charge >= 0.3 is 0 Å². The molecule has 1 aromatic carbocycles. The first-order valence-electron chi connectivity index (χ1n) is 8.33. The van der Waals surface area contributed by atoms with E-state index < -0.39 is 0 Å². The predicted molar refractivity (Wildman–Crippen MR) is 97.9 cm³/mol. The third kappa shape index (κ3) is 4.05. The fourth-order valence-electron chi connectivity index (χ4n) is 2.44. The highest BCUT2D eigenvalue weighted by molar-refractivity contribution is 5.90. The van der Waals surface area contributed by atoms with Gasteiger partial charge in [0.05, 0.1) is 5.56 Å². The number of hydrogen-bond acceptors (Lipinski definition) is 5. The van der Waals surface area contributed by atoms with E-state index in [4.69, 9.17) is 4.42 Å². The van der Waals surface area contributed by atoms with E-state index in [0.29, 0.717) is 23.0 Å². The SMILES string of the molecule is Cc1cccc(NC(=O)Cn2cc(-c3nnc(C(C)C)o3)ccc2=O)c1. The van der Waals surface area contributed by atoms with Crippen LogP contribution in [0.1, 0.15) is 31.2 Å². The van der Waals surface area contributed by atoms with Gasteiger partial charge in [-0.05, 0) is 30.7 Å². The summed E-state index contributed by atoms with van der Waals surface area (Å²) in [5.74, 6) is 0.669. The molecule has 1 amide bonds. The summed E-state index contributed by atoms with van der Waals surface area (Å²) in [6.45, 7) is 5.74. The van der Waals surface area contributed by atoms with Gasteiger partial charge in [0, 0.05) is 23.9 Å². The van der Waals surface area contributed by atoms with Gasteiger partial charge in [0.15, 0.2) is 0 Å². The third-order valence-electron chi connectivity index (χ3n) is 3.78. The maximum Gasteiger partial charge on any atom is 0.251 e. The summed E-state index contributed by atoms with van der Waals surface area (Å²) in [7, 11) is 0. The van der Waals surface area contributed by atoms with Crippen LogP contribution in [0.5, 0.6) is 0 Å². The average Bonchev–Trinajstić information content (AvgIpc) is 3.07. The van der Waals surface area contributed by atoms with Gasteiger partial charge in [-0.15, -0.1) is 10.2 Å². The van der Waals surface area contributed by atoms with Gasteiger partial charge < -0.3 is 14.3 Å². The Morgan fingerprint density at radius 3 is 2.73 bits per heavy atom. The number of carbonyl (C=O) groups excluding carboxylic acids is 1. The standard InChI is InChI=1S/C19H20N4O3/c1-12(2)18-21-22-19(26-18)14-7-8-17(25)23(10-14)11-16(24)20-15-6-4-5-13(3)9-15/h4-10,12H,11H2,1-3H3,(H,20,24). The molecule has 0 atom stereocenters. The molecule has 7 heteroatoms. The minimum absolute atomic E-state index is 0.105. The number of aryl methyl sites for hydroxylation is 1. The van der Waals surface area contributed by atoms with Crippen LogP contribution in [0.3, 0.4) is 0 Å². The Balaban J connectivity index is 1.79. The molecular formula is C19H20N4O3. The summed E-state index contributed by atoms with van der Waals surface area (Å²) in [5.41, 5.74) is 2.04. The molecule has 1 N–H and O–H groups in total. The molecule has 2 heterocycles. The summed E-state index contributed by atoms with van der Waals surface area (Å²) in [5, 5.41) is 10.8. The van der Waals surface area contributed by atoms with Crippen LogP contribution in [-0.4, -0.2) is 20.7 Å². The van der Waals surface area contributed by atoms with Crippen molar-refractivity contribution in [1.29, 1.82) is 0 Å². The summed E-state index contributed by atoms with van der Waals surface area (Å²) in [6, 6.07) is 10.5. The predicted octanol–water partition coefficient (Wildman–Crippen LogP) is 2.97. The van der Waals surface area contributed by atoms with Crippen LogP contribution in [0.4, 0.5) is 5.69 Å². The first-order valence-corrected chi connectivity index (χ1v) is 8.33. The van der Waals surface area contributed by atoms with Crippen LogP contribution >= 0.6 is 0 Å². The van der Waals surface area contributed by atoms with Crippen molar-refractivity contribution in [1.82, 2.24) is 14.8 Å². The number of pyridine rings is 1. The molecule has 3 rings (SSSR count). The number of carbonyl (C=O) groups is 1. The number of amides is 1. The number of anilines is 1. The van der Waals surface area contributed by atoms with E-state index in [1.165, 1.54) is 10.6 Å². The molecular weight excluding hydrogens is 332 g/mol. The number of hydrogen-bond donors (Lipinski definition) is 1. The topological polar surface area (TPSA) is 90.0 Å². The molecule has 3 aromatic rings. The number of benzene rings is 1. The van der Waals surface area contributed by atoms with E-state index in [9.17, 15) is 9.59 Å². The van der Waals surface area contributed by atoms with Crippen LogP contribution in [-0.2, 0) is 11.3 Å². The van der Waals surface area contributed by atoms with E-state index in [0.717, 1.165) is 5.56 Å². The lowest BCUT2D eigenvalue weighted by Gasteiger charge is -2.08. The molecule has 7 nitrogen and oxygen atoms in total. The van der Waals surface area contributed by atoms with Gasteiger partial charge in [-0.2, -0.15) is 0 Å². The number of rotatable bonds is 5. The smallest absolute Gasteiger partial charge is 0.251 e. The molecule has 134 valence electrons. The zero-order valence-corrected chi connectivity index (χ0v) is 14.9. The van der Waals surface area contributed by atoms with E-state index >= 15 is 0 Å². The van der Waals surface area contributed by atoms with Crippen molar-refractivity contribution in [3.63, 3.8) is 0 Å². The van der Waals surface area contributed by atoms with Gasteiger partial charge in [0.25, 0.3) is 5.56 Å². The summed E-state index contributed by atoms with van der Waals surface area (Å²) in [4.78, 5) is 24.3. The molecule has 0 spiro atoms. The fourth-order valence-corrected chi connectivity index (χ4v) is 2.44. The largest absolute Gasteiger partial charge is 0.420 e. The van der Waals surface area contributed by atoms with Gasteiger partial charge in [-0.25, -0.2) is 0 Å². The van der Waals surface area contributed by atoms with Crippen LogP contribution in [0, 0.1) is 6.92 Å². The lowest BCUT2D eigenvalue weighted by molar-refractivity contribution is -0.116. The zero-order valence-electron chi connectivity index (χ0n) is 14.9. The Labute approximate surface area is 150 Å². The van der Waals surface area contributed by atoms with Crippen molar-refractivity contribution in [2.75, 3.05) is 5.32 Å². The van der Waals surface area contributed by atoms with Gasteiger partial charge in [-0.1, -0.05) is 26.0 Å². The van der Waals surface area contributed by atoms with Gasteiger partial charge in [0.1, 0.15) is 6.54 Å². The fraction of sp³-hybridized carbons (Fsp3) is 0.263. The zero-order chi connectivity index (χ0) is 18.7. The second kappa shape index (κ2) is 7.35. The molecule has 2 aromatic heterocycles. The lowest BCUT2D eigenvalue weighted by Crippen LogP contribution is -2.26. The number of nitrogens with one attached hydrogen (secondary N) is 1. The number of nitrogens with zero attached hydrogens (tertiary/aromatic N) is 3. The minimum atomic E-state index is -0.289. The molecule has 0 aliphatic rings. The molecule has 0 aliphatic heterocycles. The molecule has 0 bridgehead atoms. The highest BCUT2D eigenvalue weighted by Gasteiger charge is 2.13. The Morgan fingerprint density at radius 1 is 1.23 bits per heavy atom. The van der Waals surface area contributed by atoms with E-state index in [-0.39, 0.29) is 23.9 Å². The summed E-state index contributed by atoms with van der Waals surface area (Å²) in [6.07, 6.45) is 1.55. The molecule has 26 heavy (non-hydrogen) atoms. The van der Waals surface area contributed by atoms with Crippen LogP contribution in [0.25, 0.3) is 11.5 Å². The van der Waals surface area contributed by atoms with Crippen molar-refractivity contribution >= 4 is 11.6 Å². The van der Waals surface area contributed by atoms with Crippen molar-refractivity contribution in [3.05, 3.63) is 64.4 Å². The average molecular weight is 352 g/mol. The third-order valence-corrected chi connectivity index (χ3v) is 3.78. The maximum absolute atomic E-state index is 12.3. The first kappa shape index (κ1) is 17.6. The van der Waals surface area contributed by atoms with Gasteiger partial charge in [-0.3, -0.25) is 9.59 Å². The van der Waals surface area contributed by atoms with E-state index in [1.807, 2.05) is 39.0 Å². The minimum Gasteiger partial charge on any atom is -0.420 e. The molecule has 0 saturated carbocycles. The van der Waals surface area contributed by atoms with Crippen molar-refractivity contribution in [2.24, 2.45) is 0 Å². The quantitative estimate of drug-likeness (QED) is 0.762. The monoisotopic (exact) mass is 352 g/mol. The highest BCUT2D eigenvalue weighted by Crippen LogP contribution is 2.20. The van der Waals surface area contributed by atoms with Crippen molar-refractivity contribution in [2.45, 2.75) is 33.2 Å². The second-order valence-corrected chi connectivity index (χ2v) is 6.40. The van der Waals surface area contributed by atoms with Gasteiger partial charge in [0.2, 0.25) is 17.7 Å². The highest BCUT2D eigenvalue weighted by atomic mass is 16.4. The Bertz CT molecular complexity index is 988. The van der Waals surface area contributed by atoms with Crippen LogP contribution in [0.15, 0.2) is 51.8 Å². The van der Waals surface area contributed by atoms with Crippen molar-refractivity contribution in [3.8, 4) is 11.5 Å². The Kier molecular flexibility index (Phi) is 4.97. The lowest BCUT2D eigenvalue weighted by atomic mass is 10.2.